The van der Waals surface area contributed by atoms with E-state index in [4.69, 9.17) is 0 Å². The molecule has 2 atom stereocenters. The van der Waals surface area contributed by atoms with Crippen molar-refractivity contribution in [3.05, 3.63) is 0 Å². The molecule has 1 N–H and O–H groups in total. The van der Waals surface area contributed by atoms with Gasteiger partial charge in [0, 0.05) is 18.6 Å². The number of nitrogens with zero attached hydrogens (tertiary/aromatic N) is 1. The molecule has 2 aliphatic heterocycles. The Morgan fingerprint density at radius 2 is 1.88 bits per heavy atom. The maximum atomic E-state index is 12.3. The van der Waals surface area contributed by atoms with Crippen molar-refractivity contribution >= 4 is 10.0 Å². The second-order valence-electron chi connectivity index (χ2n) is 5.27. The van der Waals surface area contributed by atoms with Crippen LogP contribution in [0.5, 0.6) is 0 Å². The van der Waals surface area contributed by atoms with Crippen LogP contribution in [0.4, 0.5) is 0 Å². The molecule has 0 radical (unpaired) electrons. The fourth-order valence-corrected chi connectivity index (χ4v) is 5.21. The quantitative estimate of drug-likeness (QED) is 0.795. The van der Waals surface area contributed by atoms with Crippen LogP contribution < -0.4 is 5.32 Å². The summed E-state index contributed by atoms with van der Waals surface area (Å²) in [5.41, 5.74) is 0. The van der Waals surface area contributed by atoms with Gasteiger partial charge in [0.15, 0.2) is 0 Å². The fraction of sp³-hybridized carbons (Fsp3) is 1.00. The van der Waals surface area contributed by atoms with Gasteiger partial charge in [-0.05, 0) is 45.1 Å². The monoisotopic (exact) mass is 244 g/mol. The highest BCUT2D eigenvalue weighted by molar-refractivity contribution is 7.90. The van der Waals surface area contributed by atoms with E-state index in [1.54, 1.807) is 0 Å². The molecule has 0 aromatic carbocycles. The topological polar surface area (TPSA) is 49.4 Å². The molecule has 0 aromatic heterocycles. The van der Waals surface area contributed by atoms with Crippen molar-refractivity contribution < 1.29 is 8.42 Å². The molecule has 16 heavy (non-hydrogen) atoms. The molecule has 0 amide bonds. The van der Waals surface area contributed by atoms with Gasteiger partial charge in [0.2, 0.25) is 10.0 Å². The molecule has 2 heterocycles. The highest BCUT2D eigenvalue weighted by atomic mass is 32.2. The van der Waals surface area contributed by atoms with Gasteiger partial charge in [-0.2, -0.15) is 4.31 Å². The molecule has 1 saturated carbocycles. The summed E-state index contributed by atoms with van der Waals surface area (Å²) < 4.78 is 26.3. The zero-order valence-corrected chi connectivity index (χ0v) is 10.4. The second kappa shape index (κ2) is 3.96. The molecule has 3 fully saturated rings. The second-order valence-corrected chi connectivity index (χ2v) is 7.43. The summed E-state index contributed by atoms with van der Waals surface area (Å²) in [5.74, 6) is 0. The molecule has 0 spiro atoms. The Labute approximate surface area is 97.4 Å². The van der Waals surface area contributed by atoms with E-state index >= 15 is 0 Å². The average Bonchev–Trinajstić information content (AvgIpc) is 2.82. The molecule has 2 saturated heterocycles. The summed E-state index contributed by atoms with van der Waals surface area (Å²) in [5, 5.41) is 3.41. The lowest BCUT2D eigenvalue weighted by atomic mass is 10.1. The van der Waals surface area contributed by atoms with Crippen LogP contribution in [0.3, 0.4) is 0 Å². The maximum Gasteiger partial charge on any atom is 0.217 e. The lowest BCUT2D eigenvalue weighted by Gasteiger charge is -2.28. The molecule has 1 aliphatic carbocycles. The van der Waals surface area contributed by atoms with Crippen molar-refractivity contribution in [1.82, 2.24) is 9.62 Å². The number of rotatable bonds is 3. The lowest BCUT2D eigenvalue weighted by molar-refractivity contribution is 0.321. The lowest BCUT2D eigenvalue weighted by Crippen LogP contribution is -2.47. The molecule has 4 nitrogen and oxygen atoms in total. The predicted octanol–water partition coefficient (Wildman–Crippen LogP) is 0.695. The summed E-state index contributed by atoms with van der Waals surface area (Å²) in [6.45, 7) is 1.81. The van der Waals surface area contributed by atoms with E-state index in [-0.39, 0.29) is 11.3 Å². The number of sulfonamides is 1. The minimum Gasteiger partial charge on any atom is -0.312 e. The van der Waals surface area contributed by atoms with Crippen LogP contribution in [0.1, 0.15) is 38.5 Å². The van der Waals surface area contributed by atoms with Crippen molar-refractivity contribution in [2.24, 2.45) is 0 Å². The van der Waals surface area contributed by atoms with Gasteiger partial charge in [-0.1, -0.05) is 0 Å². The summed E-state index contributed by atoms with van der Waals surface area (Å²) in [4.78, 5) is 0. The Balaban J connectivity index is 1.78. The third kappa shape index (κ3) is 1.79. The summed E-state index contributed by atoms with van der Waals surface area (Å²) in [6.07, 6.45) is 6.17. The van der Waals surface area contributed by atoms with Crippen molar-refractivity contribution in [3.63, 3.8) is 0 Å². The third-order valence-corrected chi connectivity index (χ3v) is 6.50. The van der Waals surface area contributed by atoms with Gasteiger partial charge < -0.3 is 5.32 Å². The molecular formula is C11H20N2O2S. The van der Waals surface area contributed by atoms with Gasteiger partial charge >= 0.3 is 0 Å². The zero-order chi connectivity index (χ0) is 11.2. The Morgan fingerprint density at radius 3 is 2.50 bits per heavy atom. The number of hydrogen-bond donors (Lipinski definition) is 1. The summed E-state index contributed by atoms with van der Waals surface area (Å²) in [6, 6.07) is 0.657. The van der Waals surface area contributed by atoms with Crippen LogP contribution in [-0.4, -0.2) is 43.1 Å². The average molecular weight is 244 g/mol. The first kappa shape index (κ1) is 11.0. The molecule has 5 heteroatoms. The van der Waals surface area contributed by atoms with Crippen LogP contribution in [-0.2, 0) is 10.0 Å². The molecular weight excluding hydrogens is 224 g/mol. The van der Waals surface area contributed by atoms with Crippen LogP contribution >= 0.6 is 0 Å². The Bertz CT molecular complexity index is 358. The largest absolute Gasteiger partial charge is 0.312 e. The smallest absolute Gasteiger partial charge is 0.217 e. The van der Waals surface area contributed by atoms with Crippen molar-refractivity contribution in [1.29, 1.82) is 0 Å². The molecule has 92 valence electrons. The van der Waals surface area contributed by atoms with Crippen molar-refractivity contribution in [2.45, 2.75) is 55.9 Å². The highest BCUT2D eigenvalue weighted by Gasteiger charge is 2.46. The summed E-state index contributed by atoms with van der Waals surface area (Å²) >= 11 is 0. The van der Waals surface area contributed by atoms with E-state index in [0.29, 0.717) is 6.04 Å². The number of nitrogens with one attached hydrogen (secondary N) is 1. The molecule has 3 rings (SSSR count). The Hall–Kier alpha value is -0.130. The van der Waals surface area contributed by atoms with Gasteiger partial charge in [0.1, 0.15) is 0 Å². The van der Waals surface area contributed by atoms with Crippen LogP contribution in [0.15, 0.2) is 0 Å². The maximum absolute atomic E-state index is 12.3. The first-order valence-electron chi connectivity index (χ1n) is 6.43. The molecule has 0 aromatic rings. The molecule has 2 unspecified atom stereocenters. The van der Waals surface area contributed by atoms with E-state index in [2.05, 4.69) is 5.32 Å². The first-order valence-corrected chi connectivity index (χ1v) is 7.94. The highest BCUT2D eigenvalue weighted by Crippen LogP contribution is 2.36. The minimum atomic E-state index is -2.96. The zero-order valence-electron chi connectivity index (χ0n) is 9.56. The van der Waals surface area contributed by atoms with Gasteiger partial charge in [0.05, 0.1) is 5.25 Å². The van der Waals surface area contributed by atoms with Gasteiger partial charge in [-0.15, -0.1) is 0 Å². The van der Waals surface area contributed by atoms with Crippen molar-refractivity contribution in [2.75, 3.05) is 13.1 Å². The van der Waals surface area contributed by atoms with E-state index < -0.39 is 10.0 Å². The van der Waals surface area contributed by atoms with E-state index in [0.717, 1.165) is 45.2 Å². The van der Waals surface area contributed by atoms with E-state index in [1.165, 1.54) is 6.42 Å². The van der Waals surface area contributed by atoms with E-state index in [9.17, 15) is 8.42 Å². The Morgan fingerprint density at radius 1 is 1.06 bits per heavy atom. The predicted molar refractivity (Wildman–Crippen MR) is 62.7 cm³/mol. The first-order chi connectivity index (χ1) is 7.69. The van der Waals surface area contributed by atoms with E-state index in [1.807, 2.05) is 4.31 Å². The minimum absolute atomic E-state index is 0.0468. The normalized spacial score (nSPS) is 37.0. The SMILES string of the molecule is O=S(=O)(C1CC1)N1CCCC1C1CCCN1. The standard InChI is InChI=1S/C11H20N2O2S/c14-16(15,9-5-6-9)13-8-2-4-11(13)10-3-1-7-12-10/h9-12H,1-8H2. The Kier molecular flexibility index (Phi) is 2.72. The van der Waals surface area contributed by atoms with Gasteiger partial charge in [-0.3, -0.25) is 0 Å². The van der Waals surface area contributed by atoms with Crippen LogP contribution in [0.25, 0.3) is 0 Å². The molecule has 0 bridgehead atoms. The fourth-order valence-electron chi connectivity index (χ4n) is 3.08. The van der Waals surface area contributed by atoms with Crippen LogP contribution in [0, 0.1) is 0 Å². The van der Waals surface area contributed by atoms with Crippen molar-refractivity contribution in [3.8, 4) is 0 Å². The summed E-state index contributed by atoms with van der Waals surface area (Å²) in [7, 11) is -2.96. The van der Waals surface area contributed by atoms with Gasteiger partial charge in [-0.25, -0.2) is 8.42 Å². The van der Waals surface area contributed by atoms with Gasteiger partial charge in [0.25, 0.3) is 0 Å². The molecule has 3 aliphatic rings. The third-order valence-electron chi connectivity index (χ3n) is 4.08. The number of hydrogen-bond acceptors (Lipinski definition) is 3. The van der Waals surface area contributed by atoms with Crippen LogP contribution in [0.2, 0.25) is 0 Å².